The van der Waals surface area contributed by atoms with Crippen molar-refractivity contribution in [2.24, 2.45) is 0 Å². The van der Waals surface area contributed by atoms with Crippen molar-refractivity contribution in [3.05, 3.63) is 12.7 Å². The standard InChI is InChI=1S/C6H10O4/c1-2-4-3-9-6(10-4)5(7)8/h2,4-8H,1,3H2. The Hall–Kier alpha value is -0.420. The van der Waals surface area contributed by atoms with Gasteiger partial charge in [0.1, 0.15) is 6.10 Å². The molecule has 0 radical (unpaired) electrons. The van der Waals surface area contributed by atoms with E-state index in [4.69, 9.17) is 19.7 Å². The summed E-state index contributed by atoms with van der Waals surface area (Å²) in [5, 5.41) is 17.1. The molecule has 0 saturated carbocycles. The highest BCUT2D eigenvalue weighted by atomic mass is 16.7. The summed E-state index contributed by atoms with van der Waals surface area (Å²) in [4.78, 5) is 0. The third kappa shape index (κ3) is 1.54. The molecular weight excluding hydrogens is 136 g/mol. The quantitative estimate of drug-likeness (QED) is 0.396. The Morgan fingerprint density at radius 1 is 1.60 bits per heavy atom. The van der Waals surface area contributed by atoms with Crippen LogP contribution in [0, 0.1) is 0 Å². The second-order valence-corrected chi connectivity index (χ2v) is 2.03. The first kappa shape index (κ1) is 7.68. The van der Waals surface area contributed by atoms with Gasteiger partial charge in [-0.15, -0.1) is 6.58 Å². The van der Waals surface area contributed by atoms with E-state index in [9.17, 15) is 0 Å². The minimum atomic E-state index is -1.56. The Kier molecular flexibility index (Phi) is 2.39. The third-order valence-corrected chi connectivity index (χ3v) is 1.24. The number of hydrogen-bond acceptors (Lipinski definition) is 4. The molecule has 0 bridgehead atoms. The average Bonchev–Trinajstić information content (AvgIpc) is 2.34. The molecule has 10 heavy (non-hydrogen) atoms. The zero-order valence-electron chi connectivity index (χ0n) is 5.43. The maximum Gasteiger partial charge on any atom is 0.209 e. The van der Waals surface area contributed by atoms with E-state index in [0.717, 1.165) is 0 Å². The molecule has 0 aromatic rings. The van der Waals surface area contributed by atoms with Crippen LogP contribution in [0.2, 0.25) is 0 Å². The van der Waals surface area contributed by atoms with Gasteiger partial charge in [-0.3, -0.25) is 0 Å². The van der Waals surface area contributed by atoms with Gasteiger partial charge in [0, 0.05) is 0 Å². The van der Waals surface area contributed by atoms with Crippen LogP contribution in [0.1, 0.15) is 0 Å². The fourth-order valence-electron chi connectivity index (χ4n) is 0.720. The minimum Gasteiger partial charge on any atom is -0.364 e. The summed E-state index contributed by atoms with van der Waals surface area (Å²) in [6.07, 6.45) is -1.14. The van der Waals surface area contributed by atoms with E-state index in [1.54, 1.807) is 6.08 Å². The first-order valence-corrected chi connectivity index (χ1v) is 3.00. The summed E-state index contributed by atoms with van der Waals surface area (Å²) in [5.74, 6) is 0. The topological polar surface area (TPSA) is 58.9 Å². The van der Waals surface area contributed by atoms with Gasteiger partial charge < -0.3 is 19.7 Å². The predicted molar refractivity (Wildman–Crippen MR) is 33.0 cm³/mol. The first-order chi connectivity index (χ1) is 4.74. The lowest BCUT2D eigenvalue weighted by molar-refractivity contribution is -0.208. The maximum atomic E-state index is 8.54. The van der Waals surface area contributed by atoms with E-state index in [2.05, 4.69) is 6.58 Å². The molecule has 0 spiro atoms. The van der Waals surface area contributed by atoms with Crippen molar-refractivity contribution in [1.29, 1.82) is 0 Å². The highest BCUT2D eigenvalue weighted by Crippen LogP contribution is 2.13. The third-order valence-electron chi connectivity index (χ3n) is 1.24. The zero-order chi connectivity index (χ0) is 7.56. The van der Waals surface area contributed by atoms with Crippen molar-refractivity contribution in [3.8, 4) is 0 Å². The lowest BCUT2D eigenvalue weighted by Gasteiger charge is -2.10. The molecule has 2 N–H and O–H groups in total. The van der Waals surface area contributed by atoms with Crippen molar-refractivity contribution < 1.29 is 19.7 Å². The van der Waals surface area contributed by atoms with E-state index in [0.29, 0.717) is 6.61 Å². The minimum absolute atomic E-state index is 0.216. The van der Waals surface area contributed by atoms with Crippen LogP contribution in [0.5, 0.6) is 0 Å². The monoisotopic (exact) mass is 146 g/mol. The van der Waals surface area contributed by atoms with Gasteiger partial charge in [-0.25, -0.2) is 0 Å². The van der Waals surface area contributed by atoms with Gasteiger partial charge in [-0.05, 0) is 0 Å². The van der Waals surface area contributed by atoms with Gasteiger partial charge in [0.25, 0.3) is 0 Å². The molecule has 4 heteroatoms. The summed E-state index contributed by atoms with van der Waals surface area (Å²) in [7, 11) is 0. The fourth-order valence-corrected chi connectivity index (χ4v) is 0.720. The van der Waals surface area contributed by atoms with E-state index >= 15 is 0 Å². The molecule has 2 atom stereocenters. The highest BCUT2D eigenvalue weighted by molar-refractivity contribution is 4.83. The summed E-state index contributed by atoms with van der Waals surface area (Å²) < 4.78 is 9.76. The van der Waals surface area contributed by atoms with Crippen molar-refractivity contribution in [1.82, 2.24) is 0 Å². The molecule has 1 saturated heterocycles. The Morgan fingerprint density at radius 2 is 2.30 bits per heavy atom. The lowest BCUT2D eigenvalue weighted by Crippen LogP contribution is -2.26. The van der Waals surface area contributed by atoms with Gasteiger partial charge >= 0.3 is 0 Å². The Labute approximate surface area is 58.7 Å². The Bertz CT molecular complexity index is 123. The molecule has 4 nitrogen and oxygen atoms in total. The summed E-state index contributed by atoms with van der Waals surface area (Å²) >= 11 is 0. The lowest BCUT2D eigenvalue weighted by atomic mass is 10.4. The molecule has 0 aliphatic carbocycles. The van der Waals surface area contributed by atoms with E-state index < -0.39 is 12.6 Å². The van der Waals surface area contributed by atoms with Crippen LogP contribution in [-0.2, 0) is 9.47 Å². The Morgan fingerprint density at radius 3 is 2.60 bits per heavy atom. The van der Waals surface area contributed by atoms with Crippen LogP contribution in [0.3, 0.4) is 0 Å². The van der Waals surface area contributed by atoms with E-state index in [-0.39, 0.29) is 6.10 Å². The summed E-state index contributed by atoms with van der Waals surface area (Å²) in [5.41, 5.74) is 0. The predicted octanol–water partition coefficient (Wildman–Crippen LogP) is -0.775. The van der Waals surface area contributed by atoms with Crippen molar-refractivity contribution >= 4 is 0 Å². The molecule has 1 aliphatic heterocycles. The van der Waals surface area contributed by atoms with Crippen molar-refractivity contribution in [2.75, 3.05) is 6.61 Å². The van der Waals surface area contributed by atoms with Gasteiger partial charge in [0.05, 0.1) is 6.61 Å². The number of hydrogen-bond donors (Lipinski definition) is 2. The van der Waals surface area contributed by atoms with Crippen LogP contribution in [0.4, 0.5) is 0 Å². The fraction of sp³-hybridized carbons (Fsp3) is 0.667. The first-order valence-electron chi connectivity index (χ1n) is 3.00. The maximum absolute atomic E-state index is 8.54. The van der Waals surface area contributed by atoms with Gasteiger partial charge in [0.15, 0.2) is 0 Å². The van der Waals surface area contributed by atoms with Crippen LogP contribution in [0.25, 0.3) is 0 Å². The number of rotatable bonds is 2. The Balaban J connectivity index is 2.35. The smallest absolute Gasteiger partial charge is 0.209 e. The SMILES string of the molecule is C=CC1COC(C(O)O)O1. The molecule has 1 rings (SSSR count). The molecule has 2 unspecified atom stereocenters. The van der Waals surface area contributed by atoms with Gasteiger partial charge in [0.2, 0.25) is 12.6 Å². The van der Waals surface area contributed by atoms with Gasteiger partial charge in [-0.1, -0.05) is 6.08 Å². The molecular formula is C6H10O4. The number of aliphatic hydroxyl groups excluding tert-OH is 1. The molecule has 1 fully saturated rings. The summed E-state index contributed by atoms with van der Waals surface area (Å²) in [6, 6.07) is 0. The average molecular weight is 146 g/mol. The van der Waals surface area contributed by atoms with Crippen LogP contribution in [0.15, 0.2) is 12.7 Å². The summed E-state index contributed by atoms with van der Waals surface area (Å²) in [6.45, 7) is 3.81. The van der Waals surface area contributed by atoms with Crippen molar-refractivity contribution in [2.45, 2.75) is 18.7 Å². The zero-order valence-corrected chi connectivity index (χ0v) is 5.43. The van der Waals surface area contributed by atoms with Crippen LogP contribution >= 0.6 is 0 Å². The van der Waals surface area contributed by atoms with Crippen LogP contribution < -0.4 is 0 Å². The molecule has 0 aromatic heterocycles. The number of ether oxygens (including phenoxy) is 2. The molecule has 1 aliphatic rings. The molecule has 1 heterocycles. The second kappa shape index (κ2) is 3.12. The molecule has 58 valence electrons. The van der Waals surface area contributed by atoms with E-state index in [1.807, 2.05) is 0 Å². The van der Waals surface area contributed by atoms with Crippen LogP contribution in [-0.4, -0.2) is 35.5 Å². The largest absolute Gasteiger partial charge is 0.364 e. The second-order valence-electron chi connectivity index (χ2n) is 2.03. The molecule has 0 aromatic carbocycles. The van der Waals surface area contributed by atoms with Gasteiger partial charge in [-0.2, -0.15) is 0 Å². The normalized spacial score (nSPS) is 33.1. The van der Waals surface area contributed by atoms with Crippen molar-refractivity contribution in [3.63, 3.8) is 0 Å². The van der Waals surface area contributed by atoms with E-state index in [1.165, 1.54) is 0 Å². The highest BCUT2D eigenvalue weighted by Gasteiger charge is 2.28. The molecule has 0 amide bonds. The number of aliphatic hydroxyl groups is 2.